The first-order valence-corrected chi connectivity index (χ1v) is 30.4. The Balaban J connectivity index is 0.976. The van der Waals surface area contributed by atoms with Crippen molar-refractivity contribution in [3.63, 3.8) is 0 Å². The van der Waals surface area contributed by atoms with E-state index in [9.17, 15) is 15.3 Å². The molecule has 5 heterocycles. The van der Waals surface area contributed by atoms with Gasteiger partial charge in [-0.25, -0.2) is 0 Å². The van der Waals surface area contributed by atoms with Gasteiger partial charge in [0, 0.05) is 79.8 Å². The maximum absolute atomic E-state index is 15.8. The fourth-order valence-electron chi connectivity index (χ4n) is 20.9. The third kappa shape index (κ3) is 7.56. The number of aliphatic hydroxyl groups excluding tert-OH is 3. The molecule has 8 fully saturated rings. The monoisotopic (exact) mass is 1030 g/mol. The number of epoxide rings is 1. The zero-order valence-electron chi connectivity index (χ0n) is 46.8. The van der Waals surface area contributed by atoms with Crippen molar-refractivity contribution in [2.75, 3.05) is 20.3 Å². The molecule has 0 radical (unpaired) electrons. The van der Waals surface area contributed by atoms with Crippen molar-refractivity contribution in [1.29, 1.82) is 0 Å². The van der Waals surface area contributed by atoms with E-state index in [2.05, 4.69) is 80.2 Å². The van der Waals surface area contributed by atoms with Crippen molar-refractivity contribution in [2.24, 2.45) is 50.2 Å². The number of aromatic nitrogens is 2. The summed E-state index contributed by atoms with van der Waals surface area (Å²) in [5, 5.41) is 41.9. The van der Waals surface area contributed by atoms with E-state index >= 15 is 9.59 Å². The zero-order chi connectivity index (χ0) is 52.2. The van der Waals surface area contributed by atoms with Crippen LogP contribution in [0.3, 0.4) is 0 Å². The van der Waals surface area contributed by atoms with Crippen LogP contribution in [0, 0.1) is 50.2 Å². The van der Waals surface area contributed by atoms with E-state index in [1.54, 1.807) is 0 Å². The topological polar surface area (TPSA) is 149 Å². The number of H-pyrrole nitrogens is 1. The van der Waals surface area contributed by atoms with E-state index < -0.39 is 56.4 Å². The van der Waals surface area contributed by atoms with E-state index in [1.165, 1.54) is 71.0 Å². The molecular weight excluding hydrogens is 935 g/mol. The summed E-state index contributed by atoms with van der Waals surface area (Å²) in [6.45, 7) is 15.9. The van der Waals surface area contributed by atoms with Crippen molar-refractivity contribution < 1.29 is 34.4 Å². The number of aryl methyl sites for hydroxylation is 1. The summed E-state index contributed by atoms with van der Waals surface area (Å²) >= 11 is 0. The maximum Gasteiger partial charge on any atom is 0.160 e. The third-order valence-corrected chi connectivity index (χ3v) is 24.8. The summed E-state index contributed by atoms with van der Waals surface area (Å²) in [6, 6.07) is 7.86. The Morgan fingerprint density at radius 2 is 1.57 bits per heavy atom. The maximum atomic E-state index is 15.8. The molecule has 14 atom stereocenters. The van der Waals surface area contributed by atoms with Crippen molar-refractivity contribution in [2.45, 2.75) is 237 Å². The Hall–Kier alpha value is -3.12. The van der Waals surface area contributed by atoms with Crippen LogP contribution in [0.15, 0.2) is 41.7 Å². The summed E-state index contributed by atoms with van der Waals surface area (Å²) in [5.41, 5.74) is 7.63. The number of hydrogen-bond donors (Lipinski definition) is 5. The number of benzene rings is 1. The predicted octanol–water partition coefficient (Wildman–Crippen LogP) is 11.3. The summed E-state index contributed by atoms with van der Waals surface area (Å²) in [7, 11) is 2.06. The molecule has 10 nitrogen and oxygen atoms in total. The molecule has 6 saturated carbocycles. The molecule has 1 aromatic carbocycles. The van der Waals surface area contributed by atoms with Gasteiger partial charge in [0.05, 0.1) is 34.9 Å². The first-order chi connectivity index (χ1) is 35.8. The number of ether oxygens (including phenoxy) is 2. The Kier molecular flexibility index (Phi) is 12.3. The van der Waals surface area contributed by atoms with Crippen LogP contribution >= 0.6 is 0 Å². The number of aromatic amines is 1. The molecule has 7 aliphatic carbocycles. The number of carbonyl (C=O) groups excluding carboxylic acids is 2. The summed E-state index contributed by atoms with van der Waals surface area (Å²) < 4.78 is 14.5. The fraction of sp³-hybridized carbons (Fsp3) is 0.754. The van der Waals surface area contributed by atoms with Gasteiger partial charge in [-0.2, -0.15) is 0 Å². The number of nitrogens with one attached hydrogen (secondary N) is 2. The molecule has 2 spiro atoms. The molecule has 75 heavy (non-hydrogen) atoms. The lowest BCUT2D eigenvalue weighted by Crippen LogP contribution is -2.73. The molecule has 13 rings (SSSR count). The number of allylic oxidation sites excluding steroid dienone is 1. The van der Waals surface area contributed by atoms with Crippen LogP contribution in [-0.2, 0) is 38.4 Å². The molecule has 0 bridgehead atoms. The smallest absolute Gasteiger partial charge is 0.160 e. The van der Waals surface area contributed by atoms with Crippen molar-refractivity contribution in [1.82, 2.24) is 14.9 Å². The second-order valence-corrected chi connectivity index (χ2v) is 28.8. The van der Waals surface area contributed by atoms with E-state index in [4.69, 9.17) is 9.47 Å². The molecule has 3 aromatic rings. The number of nitrogens with zero attached hydrogens (tertiary/aromatic N) is 1. The Morgan fingerprint density at radius 1 is 0.840 bits per heavy atom. The van der Waals surface area contributed by atoms with Crippen molar-refractivity contribution >= 4 is 22.6 Å². The van der Waals surface area contributed by atoms with Gasteiger partial charge in [0.2, 0.25) is 0 Å². The number of fused-ring (bicyclic) bond motifs is 6. The Morgan fingerprint density at radius 3 is 2.27 bits per heavy atom. The molecule has 3 aliphatic heterocycles. The average molecular weight is 1030 g/mol. The second-order valence-electron chi connectivity index (χ2n) is 28.8. The summed E-state index contributed by atoms with van der Waals surface area (Å²) in [6.07, 6.45) is 21.9. The molecule has 0 unspecified atom stereocenters. The minimum absolute atomic E-state index is 0.0598. The fourth-order valence-corrected chi connectivity index (χ4v) is 20.9. The summed E-state index contributed by atoms with van der Waals surface area (Å²) in [4.78, 5) is 35.0. The van der Waals surface area contributed by atoms with Gasteiger partial charge in [0.15, 0.2) is 5.78 Å². The van der Waals surface area contributed by atoms with E-state index in [1.807, 2.05) is 13.8 Å². The molecule has 10 heteroatoms. The molecule has 408 valence electrons. The number of aliphatic hydroxyl groups is 3. The first-order valence-electron chi connectivity index (χ1n) is 30.4. The lowest BCUT2D eigenvalue weighted by Gasteiger charge is -2.75. The van der Waals surface area contributed by atoms with Crippen molar-refractivity contribution in [3.05, 3.63) is 69.6 Å². The highest BCUT2D eigenvalue weighted by Crippen LogP contribution is 2.81. The van der Waals surface area contributed by atoms with E-state index in [0.29, 0.717) is 62.7 Å². The summed E-state index contributed by atoms with van der Waals surface area (Å²) in [5.74, 6) is 1.15. The quantitative estimate of drug-likeness (QED) is 0.140. The number of rotatable bonds is 8. The van der Waals surface area contributed by atoms with Gasteiger partial charge in [0.1, 0.15) is 11.9 Å². The van der Waals surface area contributed by atoms with Crippen LogP contribution < -0.4 is 5.32 Å². The zero-order valence-corrected chi connectivity index (χ0v) is 46.8. The van der Waals surface area contributed by atoms with Gasteiger partial charge >= 0.3 is 0 Å². The Labute approximate surface area is 447 Å². The van der Waals surface area contributed by atoms with Gasteiger partial charge in [0.25, 0.3) is 0 Å². The largest absolute Gasteiger partial charge is 0.393 e. The normalized spacial score (nSPS) is 42.3. The van der Waals surface area contributed by atoms with Gasteiger partial charge in [-0.15, -0.1) is 0 Å². The predicted molar refractivity (Wildman–Crippen MR) is 293 cm³/mol. The average Bonchev–Trinajstić information content (AvgIpc) is 3.85. The van der Waals surface area contributed by atoms with Crippen LogP contribution in [0.5, 0.6) is 0 Å². The lowest BCUT2D eigenvalue weighted by molar-refractivity contribution is -0.267. The van der Waals surface area contributed by atoms with Crippen LogP contribution in [0.25, 0.3) is 11.0 Å². The van der Waals surface area contributed by atoms with Crippen LogP contribution in [-0.4, -0.2) is 92.8 Å². The molecule has 0 amide bonds. The third-order valence-electron chi connectivity index (χ3n) is 24.8. The first kappa shape index (κ1) is 51.3. The molecule has 10 aliphatic rings. The van der Waals surface area contributed by atoms with Crippen molar-refractivity contribution in [3.8, 4) is 0 Å². The molecule has 2 aromatic heterocycles. The molecule has 5 N–H and O–H groups in total. The minimum Gasteiger partial charge on any atom is -0.393 e. The van der Waals surface area contributed by atoms with Crippen LogP contribution in [0.2, 0.25) is 0 Å². The van der Waals surface area contributed by atoms with Gasteiger partial charge < -0.3 is 39.7 Å². The number of hydrogen-bond acceptors (Lipinski definition) is 8. The van der Waals surface area contributed by atoms with Gasteiger partial charge in [-0.1, -0.05) is 71.6 Å². The van der Waals surface area contributed by atoms with E-state index in [-0.39, 0.29) is 35.7 Å². The minimum atomic E-state index is -0.813. The van der Waals surface area contributed by atoms with Crippen LogP contribution in [0.4, 0.5) is 0 Å². The van der Waals surface area contributed by atoms with E-state index in [0.717, 1.165) is 95.0 Å². The highest BCUT2D eigenvalue weighted by molar-refractivity contribution is 6.02. The molecular formula is C65H91N3O7. The molecule has 2 saturated heterocycles. The highest BCUT2D eigenvalue weighted by Gasteiger charge is 2.78. The standard InChI is InChI=1S/C65H91N3O7/c1-59(2)58(75-59)49(71)32-60(3)21-15-41-35-67-54-44(28-38-26-42(39-12-9-8-10-13-39)29-43(27-38)40-18-24-74-25-19-40)36-68(55(41)54)37-47-52-53(60)48(70)33-62(52,5)61(4)22-17-50-63(6,57(61)56(47)73)64(23-16-46(69)31-64)34-51(72)65(50)20-11-14-45(30-65)66-7/h26-27,29,35-36,39-40,45-47,49-50,56-58,66-67,69,71,73H,8-25,28,30-34,37H2,1-7H3/t45-,46+,47-,49+,50+,56+,57-,58+,60-,61-,62-,63+,64+,65-/m0/s1. The number of ketones is 2. The SMILES string of the molecule is CN[C@H]1CCC[C@@]2(C1)C(=O)C[C@]1(CC[C@@H](O)C1)[C@@]1(C)[C@H]3[C@H](O)[C@H]4Cn5cc(Cc6cc(C7CCCCC7)cc(C7CCOCC7)c6)c6[nH]cc(c65)CC[C@@](C)(C[C@@H](O)[C@H]5OC5(C)C)C5=C4[C@](C)(CC5=O)[C@@]3(C)CC[C@@H]21. The lowest BCUT2D eigenvalue weighted by atomic mass is 9.29. The van der Waals surface area contributed by atoms with Gasteiger partial charge in [-0.05, 0) is 196 Å². The highest BCUT2D eigenvalue weighted by atomic mass is 16.6. The second kappa shape index (κ2) is 17.9. The number of Topliss-reactive ketones (excluding diaryl/α,β-unsaturated/α-hetero) is 2. The van der Waals surface area contributed by atoms with Crippen LogP contribution in [0.1, 0.15) is 210 Å². The Bertz CT molecular complexity index is 2760. The van der Waals surface area contributed by atoms with Gasteiger partial charge in [-0.3, -0.25) is 9.59 Å². The number of carbonyl (C=O) groups is 2.